The molecule has 2 aromatic rings. The minimum atomic E-state index is -0.228. The van der Waals surface area contributed by atoms with Gasteiger partial charge < -0.3 is 16.0 Å². The van der Waals surface area contributed by atoms with Gasteiger partial charge in [0.15, 0.2) is 0 Å². The molecule has 4 rings (SSSR count). The van der Waals surface area contributed by atoms with Gasteiger partial charge >= 0.3 is 0 Å². The maximum absolute atomic E-state index is 12.7. The summed E-state index contributed by atoms with van der Waals surface area (Å²) in [4.78, 5) is 27.9. The first-order valence-electron chi connectivity index (χ1n) is 9.13. The lowest BCUT2D eigenvalue weighted by Gasteiger charge is -2.23. The number of carbonyl (C=O) groups excluding carboxylic acids is 2. The van der Waals surface area contributed by atoms with E-state index in [0.717, 1.165) is 34.5 Å². The zero-order valence-corrected chi connectivity index (χ0v) is 17.8. The SMILES string of the molecule is CC1NC=C(NC(=O)CN2CCCC2)C=C1NC(=O)c1cnn2cc(Br)sc12. The van der Waals surface area contributed by atoms with E-state index in [-0.39, 0.29) is 17.9 Å². The summed E-state index contributed by atoms with van der Waals surface area (Å²) >= 11 is 4.86. The van der Waals surface area contributed by atoms with Crippen molar-refractivity contribution in [2.75, 3.05) is 19.6 Å². The van der Waals surface area contributed by atoms with Crippen LogP contribution in [-0.2, 0) is 4.79 Å². The molecule has 10 heteroatoms. The van der Waals surface area contributed by atoms with Gasteiger partial charge in [0.25, 0.3) is 5.91 Å². The van der Waals surface area contributed by atoms with Crippen molar-refractivity contribution in [1.29, 1.82) is 0 Å². The van der Waals surface area contributed by atoms with E-state index >= 15 is 0 Å². The summed E-state index contributed by atoms with van der Waals surface area (Å²) < 4.78 is 2.58. The number of hydrogen-bond donors (Lipinski definition) is 3. The molecule has 148 valence electrons. The van der Waals surface area contributed by atoms with Crippen LogP contribution in [0.3, 0.4) is 0 Å². The molecule has 0 spiro atoms. The van der Waals surface area contributed by atoms with Gasteiger partial charge in [-0.3, -0.25) is 14.5 Å². The number of hydrogen-bond acceptors (Lipinski definition) is 6. The van der Waals surface area contributed by atoms with Crippen molar-refractivity contribution in [3.8, 4) is 0 Å². The van der Waals surface area contributed by atoms with Gasteiger partial charge in [-0.25, -0.2) is 4.52 Å². The maximum Gasteiger partial charge on any atom is 0.260 e. The summed E-state index contributed by atoms with van der Waals surface area (Å²) in [5.74, 6) is -0.276. The predicted octanol–water partition coefficient (Wildman–Crippen LogP) is 1.82. The van der Waals surface area contributed by atoms with Crippen LogP contribution >= 0.6 is 27.3 Å². The fourth-order valence-corrected chi connectivity index (χ4v) is 4.75. The zero-order chi connectivity index (χ0) is 19.7. The van der Waals surface area contributed by atoms with Gasteiger partial charge in [0.1, 0.15) is 4.83 Å². The van der Waals surface area contributed by atoms with Crippen molar-refractivity contribution in [3.63, 3.8) is 0 Å². The monoisotopic (exact) mass is 464 g/mol. The summed E-state index contributed by atoms with van der Waals surface area (Å²) in [6.45, 7) is 4.28. The van der Waals surface area contributed by atoms with E-state index in [1.165, 1.54) is 11.3 Å². The van der Waals surface area contributed by atoms with Crippen molar-refractivity contribution < 1.29 is 9.59 Å². The van der Waals surface area contributed by atoms with Gasteiger partial charge in [0.05, 0.1) is 40.0 Å². The molecule has 1 unspecified atom stereocenters. The Morgan fingerprint density at radius 3 is 2.93 bits per heavy atom. The Bertz CT molecular complexity index is 972. The molecule has 28 heavy (non-hydrogen) atoms. The average Bonchev–Trinajstić information content (AvgIpc) is 3.35. The lowest BCUT2D eigenvalue weighted by molar-refractivity contribution is -0.121. The van der Waals surface area contributed by atoms with Crippen LogP contribution in [0, 0.1) is 0 Å². The molecule has 2 aliphatic heterocycles. The van der Waals surface area contributed by atoms with Gasteiger partial charge in [-0.1, -0.05) is 0 Å². The first-order chi connectivity index (χ1) is 13.5. The highest BCUT2D eigenvalue weighted by molar-refractivity contribution is 9.11. The highest BCUT2D eigenvalue weighted by atomic mass is 79.9. The quantitative estimate of drug-likeness (QED) is 0.627. The van der Waals surface area contributed by atoms with E-state index in [1.807, 2.05) is 13.1 Å². The van der Waals surface area contributed by atoms with Crippen molar-refractivity contribution >= 4 is 43.9 Å². The summed E-state index contributed by atoms with van der Waals surface area (Å²) in [5.41, 5.74) is 1.84. The molecule has 3 N–H and O–H groups in total. The van der Waals surface area contributed by atoms with Gasteiger partial charge in [-0.15, -0.1) is 11.3 Å². The van der Waals surface area contributed by atoms with E-state index in [1.54, 1.807) is 23.0 Å². The van der Waals surface area contributed by atoms with E-state index in [4.69, 9.17) is 0 Å². The second-order valence-corrected chi connectivity index (χ2v) is 9.33. The molecule has 2 aromatic heterocycles. The number of nitrogens with one attached hydrogen (secondary N) is 3. The molecule has 4 heterocycles. The second-order valence-electron chi connectivity index (χ2n) is 6.92. The molecule has 1 saturated heterocycles. The smallest absolute Gasteiger partial charge is 0.260 e. The minimum absolute atomic E-state index is 0.0480. The molecular weight excluding hydrogens is 444 g/mol. The summed E-state index contributed by atoms with van der Waals surface area (Å²) in [6, 6.07) is -0.0793. The van der Waals surface area contributed by atoms with Gasteiger partial charge in [-0.2, -0.15) is 5.10 Å². The van der Waals surface area contributed by atoms with Gasteiger partial charge in [0, 0.05) is 11.9 Å². The average molecular weight is 465 g/mol. The number of dihydropyridines is 1. The number of carbonyl (C=O) groups is 2. The third-order valence-corrected chi connectivity index (χ3v) is 6.38. The number of nitrogens with zero attached hydrogens (tertiary/aromatic N) is 3. The fourth-order valence-electron chi connectivity index (χ4n) is 3.31. The Labute approximate surface area is 174 Å². The Morgan fingerprint density at radius 1 is 1.36 bits per heavy atom. The molecule has 8 nitrogen and oxygen atoms in total. The topological polar surface area (TPSA) is 90.8 Å². The highest BCUT2D eigenvalue weighted by Gasteiger charge is 2.21. The fraction of sp³-hybridized carbons (Fsp3) is 0.389. The highest BCUT2D eigenvalue weighted by Crippen LogP contribution is 2.26. The summed E-state index contributed by atoms with van der Waals surface area (Å²) in [5, 5.41) is 13.2. The van der Waals surface area contributed by atoms with E-state index in [9.17, 15) is 9.59 Å². The largest absolute Gasteiger partial charge is 0.381 e. The number of likely N-dealkylation sites (tertiary alicyclic amines) is 1. The van der Waals surface area contributed by atoms with Crippen LogP contribution in [0.5, 0.6) is 0 Å². The molecule has 2 amide bonds. The first-order valence-corrected chi connectivity index (χ1v) is 10.7. The van der Waals surface area contributed by atoms with Crippen LogP contribution in [0.4, 0.5) is 0 Å². The molecule has 2 aliphatic rings. The van der Waals surface area contributed by atoms with Crippen LogP contribution in [-0.4, -0.2) is 52.0 Å². The zero-order valence-electron chi connectivity index (χ0n) is 15.4. The summed E-state index contributed by atoms with van der Waals surface area (Å²) in [7, 11) is 0. The third-order valence-electron chi connectivity index (χ3n) is 4.79. The normalized spacial score (nSPS) is 19.9. The first kappa shape index (κ1) is 19.2. The van der Waals surface area contributed by atoms with Crippen LogP contribution in [0.15, 0.2) is 39.9 Å². The Kier molecular flexibility index (Phi) is 5.51. The maximum atomic E-state index is 12.7. The Balaban J connectivity index is 1.43. The number of halogens is 1. The number of rotatable bonds is 5. The molecule has 1 atom stereocenters. The van der Waals surface area contributed by atoms with E-state index in [0.29, 0.717) is 23.5 Å². The summed E-state index contributed by atoms with van der Waals surface area (Å²) in [6.07, 6.45) is 9.23. The predicted molar refractivity (Wildman–Crippen MR) is 111 cm³/mol. The number of amides is 2. The van der Waals surface area contributed by atoms with Crippen molar-refractivity contribution in [2.45, 2.75) is 25.8 Å². The second kappa shape index (κ2) is 8.06. The number of thiazole rings is 1. The molecule has 0 aliphatic carbocycles. The Morgan fingerprint density at radius 2 is 2.14 bits per heavy atom. The number of aromatic nitrogens is 2. The number of allylic oxidation sites excluding steroid dienone is 1. The molecule has 1 fully saturated rings. The molecular formula is C18H21BrN6O2S. The molecule has 0 radical (unpaired) electrons. The molecule has 0 bridgehead atoms. The van der Waals surface area contributed by atoms with Crippen molar-refractivity contribution in [2.24, 2.45) is 0 Å². The van der Waals surface area contributed by atoms with Crippen LogP contribution in [0.1, 0.15) is 30.1 Å². The van der Waals surface area contributed by atoms with E-state index in [2.05, 4.69) is 41.9 Å². The standard InChI is InChI=1S/C18H21BrN6O2S/c1-11-14(23-17(27)13-8-21-25-9-15(19)28-18(13)25)6-12(7-20-11)22-16(26)10-24-4-2-3-5-24/h6-9,11,20H,2-5,10H2,1H3,(H,22,26)(H,23,27). The van der Waals surface area contributed by atoms with Gasteiger partial charge in [-0.05, 0) is 54.9 Å². The minimum Gasteiger partial charge on any atom is -0.381 e. The van der Waals surface area contributed by atoms with Crippen molar-refractivity contribution in [1.82, 2.24) is 30.5 Å². The Hall–Kier alpha value is -2.17. The van der Waals surface area contributed by atoms with Gasteiger partial charge in [0.2, 0.25) is 5.91 Å². The molecule has 0 aromatic carbocycles. The van der Waals surface area contributed by atoms with E-state index < -0.39 is 0 Å². The number of fused-ring (bicyclic) bond motifs is 1. The third kappa shape index (κ3) is 4.13. The van der Waals surface area contributed by atoms with Crippen LogP contribution in [0.2, 0.25) is 0 Å². The lowest BCUT2D eigenvalue weighted by Crippen LogP contribution is -2.40. The lowest BCUT2D eigenvalue weighted by atomic mass is 10.1. The molecule has 0 saturated carbocycles. The van der Waals surface area contributed by atoms with Crippen LogP contribution in [0.25, 0.3) is 4.83 Å². The van der Waals surface area contributed by atoms with Crippen LogP contribution < -0.4 is 16.0 Å². The van der Waals surface area contributed by atoms with Crippen molar-refractivity contribution in [3.05, 3.63) is 45.4 Å².